The third kappa shape index (κ3) is 3.11. The maximum Gasteiger partial charge on any atom is 0.233 e. The fourth-order valence-electron chi connectivity index (χ4n) is 3.57. The van der Waals surface area contributed by atoms with Gasteiger partial charge in [0.05, 0.1) is 5.75 Å². The predicted octanol–water partition coefficient (Wildman–Crippen LogP) is 4.26. The Bertz CT molecular complexity index is 908. The monoisotopic (exact) mass is 355 g/mol. The Balaban J connectivity index is 1.55. The zero-order chi connectivity index (χ0) is 17.2. The molecule has 1 amide bonds. The summed E-state index contributed by atoms with van der Waals surface area (Å²) in [6.45, 7) is 3.04. The summed E-state index contributed by atoms with van der Waals surface area (Å²) in [5.74, 6) is 0.582. The highest BCUT2D eigenvalue weighted by Crippen LogP contribution is 2.32. The average Bonchev–Trinajstić information content (AvgIpc) is 3.05. The molecule has 1 saturated heterocycles. The summed E-state index contributed by atoms with van der Waals surface area (Å²) in [7, 11) is 0. The molecule has 1 aliphatic rings. The molecule has 0 spiro atoms. The van der Waals surface area contributed by atoms with Gasteiger partial charge in [-0.15, -0.1) is 0 Å². The number of carbonyl (C=O) groups excluding carboxylic acids is 1. The van der Waals surface area contributed by atoms with E-state index < -0.39 is 0 Å². The standard InChI is InChI=1S/C19H21N3O2S/c1-2-13-7-5-6-10-22(13)16(23)11-25-19-18-17(20-12-21-19)14-8-3-4-9-15(14)24-18/h3-4,8-9,12-13H,2,5-7,10-11H2,1H3/t13-/m1/s1. The Morgan fingerprint density at radius 2 is 2.20 bits per heavy atom. The number of hydrogen-bond donors (Lipinski definition) is 0. The van der Waals surface area contributed by atoms with Crippen LogP contribution in [0.5, 0.6) is 0 Å². The van der Waals surface area contributed by atoms with Crippen LogP contribution >= 0.6 is 11.8 Å². The lowest BCUT2D eigenvalue weighted by Gasteiger charge is -2.35. The van der Waals surface area contributed by atoms with Gasteiger partial charge in [-0.3, -0.25) is 4.79 Å². The van der Waals surface area contributed by atoms with E-state index in [0.29, 0.717) is 17.4 Å². The van der Waals surface area contributed by atoms with Crippen molar-refractivity contribution in [2.24, 2.45) is 0 Å². The molecule has 130 valence electrons. The smallest absolute Gasteiger partial charge is 0.233 e. The normalized spacial score (nSPS) is 18.1. The molecule has 4 rings (SSSR count). The second-order valence-electron chi connectivity index (χ2n) is 6.39. The molecular weight excluding hydrogens is 334 g/mol. The molecule has 2 aromatic heterocycles. The highest BCUT2D eigenvalue weighted by molar-refractivity contribution is 8.00. The van der Waals surface area contributed by atoms with Gasteiger partial charge in [-0.1, -0.05) is 30.8 Å². The van der Waals surface area contributed by atoms with Crippen molar-refractivity contribution < 1.29 is 9.21 Å². The van der Waals surface area contributed by atoms with Crippen LogP contribution in [0, 0.1) is 0 Å². The Hall–Kier alpha value is -2.08. The van der Waals surface area contributed by atoms with Gasteiger partial charge in [0.2, 0.25) is 5.91 Å². The number of piperidine rings is 1. The number of amides is 1. The zero-order valence-corrected chi connectivity index (χ0v) is 15.1. The summed E-state index contributed by atoms with van der Waals surface area (Å²) < 4.78 is 5.93. The van der Waals surface area contributed by atoms with Crippen LogP contribution in [0.1, 0.15) is 32.6 Å². The Morgan fingerprint density at radius 3 is 3.08 bits per heavy atom. The molecule has 1 aromatic carbocycles. The number of aromatic nitrogens is 2. The molecule has 0 saturated carbocycles. The van der Waals surface area contributed by atoms with Crippen LogP contribution in [-0.2, 0) is 4.79 Å². The number of fused-ring (bicyclic) bond motifs is 3. The van der Waals surface area contributed by atoms with E-state index in [1.807, 2.05) is 29.2 Å². The van der Waals surface area contributed by atoms with E-state index in [4.69, 9.17) is 4.42 Å². The molecule has 1 atom stereocenters. The second-order valence-corrected chi connectivity index (χ2v) is 7.35. The fraction of sp³-hybridized carbons (Fsp3) is 0.421. The van der Waals surface area contributed by atoms with Crippen LogP contribution in [-0.4, -0.2) is 39.1 Å². The maximum absolute atomic E-state index is 12.7. The lowest BCUT2D eigenvalue weighted by atomic mass is 10.0. The van der Waals surface area contributed by atoms with Gasteiger partial charge in [-0.2, -0.15) is 0 Å². The summed E-state index contributed by atoms with van der Waals surface area (Å²) in [5.41, 5.74) is 2.28. The molecule has 0 radical (unpaired) electrons. The highest BCUT2D eigenvalue weighted by atomic mass is 32.2. The molecule has 0 unspecified atom stereocenters. The van der Waals surface area contributed by atoms with Crippen LogP contribution in [0.25, 0.3) is 22.1 Å². The molecule has 0 aliphatic carbocycles. The molecule has 6 heteroatoms. The van der Waals surface area contributed by atoms with E-state index in [-0.39, 0.29) is 5.91 Å². The summed E-state index contributed by atoms with van der Waals surface area (Å²) in [5, 5.41) is 1.72. The largest absolute Gasteiger partial charge is 0.451 e. The molecular formula is C19H21N3O2S. The van der Waals surface area contributed by atoms with E-state index in [1.165, 1.54) is 18.2 Å². The van der Waals surface area contributed by atoms with Crippen LogP contribution in [0.15, 0.2) is 40.0 Å². The lowest BCUT2D eigenvalue weighted by molar-refractivity contribution is -0.132. The SMILES string of the molecule is CC[C@@H]1CCCCN1C(=O)CSc1ncnc2c1oc1ccccc12. The number of benzene rings is 1. The van der Waals surface area contributed by atoms with Gasteiger partial charge in [0.1, 0.15) is 22.5 Å². The topological polar surface area (TPSA) is 59.2 Å². The van der Waals surface area contributed by atoms with Crippen molar-refractivity contribution in [1.29, 1.82) is 0 Å². The van der Waals surface area contributed by atoms with Crippen LogP contribution < -0.4 is 0 Å². The number of thioether (sulfide) groups is 1. The first-order valence-electron chi connectivity index (χ1n) is 8.82. The van der Waals surface area contributed by atoms with E-state index >= 15 is 0 Å². The lowest BCUT2D eigenvalue weighted by Crippen LogP contribution is -2.44. The molecule has 3 heterocycles. The minimum atomic E-state index is 0.194. The van der Waals surface area contributed by atoms with Crippen molar-refractivity contribution in [2.75, 3.05) is 12.3 Å². The summed E-state index contributed by atoms with van der Waals surface area (Å²) in [6.07, 6.45) is 6.02. The Morgan fingerprint density at radius 1 is 1.32 bits per heavy atom. The molecule has 3 aromatic rings. The fourth-order valence-corrected chi connectivity index (χ4v) is 4.39. The summed E-state index contributed by atoms with van der Waals surface area (Å²) >= 11 is 1.44. The van der Waals surface area contributed by atoms with Gasteiger partial charge in [0, 0.05) is 18.0 Å². The molecule has 0 N–H and O–H groups in total. The van der Waals surface area contributed by atoms with Crippen molar-refractivity contribution in [1.82, 2.24) is 14.9 Å². The quantitative estimate of drug-likeness (QED) is 0.517. The molecule has 1 fully saturated rings. The predicted molar refractivity (Wildman–Crippen MR) is 99.7 cm³/mol. The summed E-state index contributed by atoms with van der Waals surface area (Å²) in [6, 6.07) is 8.22. The number of carbonyl (C=O) groups is 1. The van der Waals surface area contributed by atoms with E-state index in [9.17, 15) is 4.79 Å². The molecule has 1 aliphatic heterocycles. The molecule has 0 bridgehead atoms. The van der Waals surface area contributed by atoms with E-state index in [0.717, 1.165) is 47.3 Å². The zero-order valence-electron chi connectivity index (χ0n) is 14.3. The second kappa shape index (κ2) is 7.04. The Labute approximate surface area is 150 Å². The maximum atomic E-state index is 12.7. The third-order valence-corrected chi connectivity index (χ3v) is 5.83. The summed E-state index contributed by atoms with van der Waals surface area (Å²) in [4.78, 5) is 23.4. The van der Waals surface area contributed by atoms with Gasteiger partial charge >= 0.3 is 0 Å². The van der Waals surface area contributed by atoms with Crippen molar-refractivity contribution in [3.63, 3.8) is 0 Å². The van der Waals surface area contributed by atoms with Crippen molar-refractivity contribution in [2.45, 2.75) is 43.7 Å². The Kier molecular flexibility index (Phi) is 4.61. The minimum Gasteiger partial charge on any atom is -0.451 e. The average molecular weight is 355 g/mol. The molecule has 25 heavy (non-hydrogen) atoms. The van der Waals surface area contributed by atoms with Crippen molar-refractivity contribution in [3.8, 4) is 0 Å². The van der Waals surface area contributed by atoms with Crippen LogP contribution in [0.3, 0.4) is 0 Å². The van der Waals surface area contributed by atoms with Crippen LogP contribution in [0.4, 0.5) is 0 Å². The number of hydrogen-bond acceptors (Lipinski definition) is 5. The first-order chi connectivity index (χ1) is 12.3. The third-order valence-electron chi connectivity index (χ3n) is 4.88. The number of nitrogens with zero attached hydrogens (tertiary/aromatic N) is 3. The number of rotatable bonds is 4. The number of likely N-dealkylation sites (tertiary alicyclic amines) is 1. The molecule has 5 nitrogen and oxygen atoms in total. The van der Waals surface area contributed by atoms with Crippen LogP contribution in [0.2, 0.25) is 0 Å². The minimum absolute atomic E-state index is 0.194. The van der Waals surface area contributed by atoms with E-state index in [1.54, 1.807) is 6.33 Å². The van der Waals surface area contributed by atoms with Gasteiger partial charge in [-0.05, 0) is 37.8 Å². The number of furan rings is 1. The van der Waals surface area contributed by atoms with Crippen molar-refractivity contribution >= 4 is 39.7 Å². The van der Waals surface area contributed by atoms with E-state index in [2.05, 4.69) is 16.9 Å². The number of para-hydroxylation sites is 1. The van der Waals surface area contributed by atoms with Gasteiger partial charge in [-0.25, -0.2) is 9.97 Å². The van der Waals surface area contributed by atoms with Gasteiger partial charge in [0.15, 0.2) is 5.58 Å². The first-order valence-corrected chi connectivity index (χ1v) is 9.81. The first kappa shape index (κ1) is 16.4. The van der Waals surface area contributed by atoms with Crippen molar-refractivity contribution in [3.05, 3.63) is 30.6 Å². The van der Waals surface area contributed by atoms with Gasteiger partial charge < -0.3 is 9.32 Å². The van der Waals surface area contributed by atoms with Gasteiger partial charge in [0.25, 0.3) is 0 Å². The highest BCUT2D eigenvalue weighted by Gasteiger charge is 2.25.